The number of rotatable bonds is 6. The number of para-hydroxylation sites is 1. The molecule has 126 valence electrons. The molecule has 1 atom stereocenters. The maximum absolute atomic E-state index is 12.0. The number of ether oxygens (including phenoxy) is 2. The summed E-state index contributed by atoms with van der Waals surface area (Å²) in [7, 11) is 1.65. The molecule has 5 heteroatoms. The monoisotopic (exact) mass is 326 g/mol. The van der Waals surface area contributed by atoms with E-state index in [9.17, 15) is 4.79 Å². The van der Waals surface area contributed by atoms with E-state index in [1.54, 1.807) is 19.5 Å². The second-order valence-electron chi connectivity index (χ2n) is 5.99. The maximum atomic E-state index is 12.0. The van der Waals surface area contributed by atoms with Gasteiger partial charge in [0.2, 0.25) is 5.91 Å². The molecule has 1 amide bonds. The van der Waals surface area contributed by atoms with Crippen LogP contribution in [0.3, 0.4) is 0 Å². The number of benzene rings is 1. The number of pyridine rings is 1. The highest BCUT2D eigenvalue weighted by Gasteiger charge is 2.22. The Kier molecular flexibility index (Phi) is 5.31. The van der Waals surface area contributed by atoms with Crippen LogP contribution in [0.25, 0.3) is 0 Å². The molecule has 24 heavy (non-hydrogen) atoms. The Morgan fingerprint density at radius 2 is 2.17 bits per heavy atom. The fourth-order valence-electron chi connectivity index (χ4n) is 2.90. The van der Waals surface area contributed by atoms with E-state index >= 15 is 0 Å². The van der Waals surface area contributed by atoms with Gasteiger partial charge in [0.25, 0.3) is 0 Å². The highest BCUT2D eigenvalue weighted by atomic mass is 16.5. The summed E-state index contributed by atoms with van der Waals surface area (Å²) in [5.41, 5.74) is 2.26. The number of hydrogen-bond acceptors (Lipinski definition) is 4. The molecular formula is C19H22N2O3. The molecule has 1 aliphatic rings. The fraction of sp³-hybridized carbons (Fsp3) is 0.368. The van der Waals surface area contributed by atoms with Crippen LogP contribution in [0.2, 0.25) is 0 Å². The summed E-state index contributed by atoms with van der Waals surface area (Å²) < 4.78 is 11.2. The molecule has 0 spiro atoms. The first-order valence-corrected chi connectivity index (χ1v) is 8.20. The number of methoxy groups -OCH3 is 1. The Balaban J connectivity index is 1.46. The Labute approximate surface area is 142 Å². The maximum Gasteiger partial charge on any atom is 0.220 e. The van der Waals surface area contributed by atoms with Crippen molar-refractivity contribution in [2.24, 2.45) is 5.92 Å². The number of amides is 1. The molecule has 1 aromatic carbocycles. The third-order valence-corrected chi connectivity index (χ3v) is 4.23. The van der Waals surface area contributed by atoms with Crippen LogP contribution < -0.4 is 14.8 Å². The lowest BCUT2D eigenvalue weighted by Gasteiger charge is -2.26. The van der Waals surface area contributed by atoms with Crippen LogP contribution >= 0.6 is 0 Å². The van der Waals surface area contributed by atoms with Crippen molar-refractivity contribution in [2.75, 3.05) is 20.3 Å². The fourth-order valence-corrected chi connectivity index (χ4v) is 2.90. The molecule has 0 fully saturated rings. The van der Waals surface area contributed by atoms with E-state index in [2.05, 4.69) is 16.4 Å². The molecule has 0 saturated carbocycles. The van der Waals surface area contributed by atoms with Gasteiger partial charge in [-0.25, -0.2) is 0 Å². The highest BCUT2D eigenvalue weighted by Crippen LogP contribution is 2.35. The highest BCUT2D eigenvalue weighted by molar-refractivity contribution is 5.76. The number of aromatic nitrogens is 1. The van der Waals surface area contributed by atoms with Gasteiger partial charge < -0.3 is 14.8 Å². The summed E-state index contributed by atoms with van der Waals surface area (Å²) in [6.07, 6.45) is 5.60. The van der Waals surface area contributed by atoms with Gasteiger partial charge in [-0.1, -0.05) is 12.1 Å². The predicted octanol–water partition coefficient (Wildman–Crippen LogP) is 2.39. The second-order valence-corrected chi connectivity index (χ2v) is 5.99. The van der Waals surface area contributed by atoms with Gasteiger partial charge in [0.1, 0.15) is 0 Å². The SMILES string of the molecule is COc1cccc2c1OCC(CNC(=O)CCc1ccncc1)C2. The van der Waals surface area contributed by atoms with Crippen molar-refractivity contribution in [3.05, 3.63) is 53.9 Å². The Bertz CT molecular complexity index is 688. The predicted molar refractivity (Wildman–Crippen MR) is 91.3 cm³/mol. The first kappa shape index (κ1) is 16.3. The quantitative estimate of drug-likeness (QED) is 0.885. The van der Waals surface area contributed by atoms with Crippen LogP contribution in [-0.4, -0.2) is 31.2 Å². The molecular weight excluding hydrogens is 304 g/mol. The van der Waals surface area contributed by atoms with E-state index in [-0.39, 0.29) is 11.8 Å². The first-order valence-electron chi connectivity index (χ1n) is 8.20. The van der Waals surface area contributed by atoms with Gasteiger partial charge in [-0.2, -0.15) is 0 Å². The average molecular weight is 326 g/mol. The third kappa shape index (κ3) is 4.04. The minimum atomic E-state index is 0.0725. The standard InChI is InChI=1S/C19H22N2O3/c1-23-17-4-2-3-16-11-15(13-24-19(16)17)12-21-18(22)6-5-14-7-9-20-10-8-14/h2-4,7-10,15H,5-6,11-13H2,1H3,(H,21,22). The van der Waals surface area contributed by atoms with Crippen LogP contribution in [-0.2, 0) is 17.6 Å². The number of nitrogens with zero attached hydrogens (tertiary/aromatic N) is 1. The lowest BCUT2D eigenvalue weighted by atomic mass is 9.96. The van der Waals surface area contributed by atoms with Gasteiger partial charge in [-0.15, -0.1) is 0 Å². The van der Waals surface area contributed by atoms with Gasteiger partial charge >= 0.3 is 0 Å². The van der Waals surface area contributed by atoms with E-state index in [0.29, 0.717) is 19.6 Å². The number of aryl methyl sites for hydroxylation is 1. The minimum Gasteiger partial charge on any atom is -0.493 e. The topological polar surface area (TPSA) is 60.5 Å². The molecule has 1 unspecified atom stereocenters. The molecule has 0 bridgehead atoms. The smallest absolute Gasteiger partial charge is 0.220 e. The van der Waals surface area contributed by atoms with Crippen molar-refractivity contribution in [1.82, 2.24) is 10.3 Å². The molecule has 2 heterocycles. The van der Waals surface area contributed by atoms with Crippen molar-refractivity contribution in [3.8, 4) is 11.5 Å². The van der Waals surface area contributed by atoms with Crippen molar-refractivity contribution < 1.29 is 14.3 Å². The molecule has 0 saturated heterocycles. The zero-order chi connectivity index (χ0) is 16.8. The molecule has 0 radical (unpaired) electrons. The molecule has 5 nitrogen and oxygen atoms in total. The van der Waals surface area contributed by atoms with Crippen LogP contribution in [0, 0.1) is 5.92 Å². The molecule has 1 N–H and O–H groups in total. The molecule has 1 aliphatic heterocycles. The number of fused-ring (bicyclic) bond motifs is 1. The zero-order valence-electron chi connectivity index (χ0n) is 13.8. The summed E-state index contributed by atoms with van der Waals surface area (Å²) in [5.74, 6) is 1.96. The first-order chi connectivity index (χ1) is 11.8. The lowest BCUT2D eigenvalue weighted by Crippen LogP contribution is -2.35. The van der Waals surface area contributed by atoms with E-state index in [0.717, 1.165) is 35.5 Å². The minimum absolute atomic E-state index is 0.0725. The van der Waals surface area contributed by atoms with Crippen LogP contribution in [0.4, 0.5) is 0 Å². The van der Waals surface area contributed by atoms with Crippen molar-refractivity contribution in [2.45, 2.75) is 19.3 Å². The summed E-state index contributed by atoms with van der Waals surface area (Å²) in [4.78, 5) is 16.0. The molecule has 3 rings (SSSR count). The van der Waals surface area contributed by atoms with Crippen molar-refractivity contribution in [3.63, 3.8) is 0 Å². The second kappa shape index (κ2) is 7.81. The van der Waals surface area contributed by atoms with E-state index in [4.69, 9.17) is 9.47 Å². The normalized spacial score (nSPS) is 16.0. The Hall–Kier alpha value is -2.56. The number of hydrogen-bond donors (Lipinski definition) is 1. The summed E-state index contributed by atoms with van der Waals surface area (Å²) >= 11 is 0. The van der Waals surface area contributed by atoms with Gasteiger partial charge in [-0.05, 0) is 42.2 Å². The van der Waals surface area contributed by atoms with Gasteiger partial charge in [0, 0.05) is 31.3 Å². The summed E-state index contributed by atoms with van der Waals surface area (Å²) in [6.45, 7) is 1.23. The zero-order valence-corrected chi connectivity index (χ0v) is 13.8. The third-order valence-electron chi connectivity index (χ3n) is 4.23. The van der Waals surface area contributed by atoms with Crippen molar-refractivity contribution in [1.29, 1.82) is 0 Å². The average Bonchev–Trinajstić information content (AvgIpc) is 2.64. The molecule has 0 aliphatic carbocycles. The van der Waals surface area contributed by atoms with E-state index in [1.807, 2.05) is 24.3 Å². The van der Waals surface area contributed by atoms with Crippen LogP contribution in [0.5, 0.6) is 11.5 Å². The summed E-state index contributed by atoms with van der Waals surface area (Å²) in [5, 5.41) is 3.02. The molecule has 2 aromatic rings. The number of carbonyl (C=O) groups is 1. The lowest BCUT2D eigenvalue weighted by molar-refractivity contribution is -0.121. The largest absolute Gasteiger partial charge is 0.493 e. The summed E-state index contributed by atoms with van der Waals surface area (Å²) in [6, 6.07) is 9.80. The van der Waals surface area contributed by atoms with E-state index < -0.39 is 0 Å². The van der Waals surface area contributed by atoms with Crippen LogP contribution in [0.1, 0.15) is 17.5 Å². The number of nitrogens with one attached hydrogen (secondary N) is 1. The van der Waals surface area contributed by atoms with Crippen LogP contribution in [0.15, 0.2) is 42.7 Å². The Morgan fingerprint density at radius 1 is 1.33 bits per heavy atom. The van der Waals surface area contributed by atoms with Gasteiger partial charge in [-0.3, -0.25) is 9.78 Å². The van der Waals surface area contributed by atoms with Crippen molar-refractivity contribution >= 4 is 5.91 Å². The van der Waals surface area contributed by atoms with Gasteiger partial charge in [0.05, 0.1) is 13.7 Å². The van der Waals surface area contributed by atoms with Gasteiger partial charge in [0.15, 0.2) is 11.5 Å². The van der Waals surface area contributed by atoms with E-state index in [1.165, 1.54) is 0 Å². The molecule has 1 aromatic heterocycles. The Morgan fingerprint density at radius 3 is 2.96 bits per heavy atom. The number of carbonyl (C=O) groups excluding carboxylic acids is 1.